The Kier molecular flexibility index (Phi) is 4.17. The number of nitrogens with one attached hydrogen (secondary N) is 1. The molecule has 3 rings (SSSR count). The number of furan rings is 1. The predicted octanol–water partition coefficient (Wildman–Crippen LogP) is 3.24. The van der Waals surface area contributed by atoms with Crippen molar-refractivity contribution in [3.05, 3.63) is 78.8 Å². The zero-order valence-corrected chi connectivity index (χ0v) is 12.0. The number of aromatic nitrogens is 2. The molecule has 0 saturated carbocycles. The molecule has 0 bridgehead atoms. The summed E-state index contributed by atoms with van der Waals surface area (Å²) in [4.78, 5) is 4.08. The Bertz CT molecular complexity index is 632. The summed E-state index contributed by atoms with van der Waals surface area (Å²) < 4.78 is 7.68. The van der Waals surface area contributed by atoms with Gasteiger partial charge in [-0.1, -0.05) is 30.3 Å². The van der Waals surface area contributed by atoms with Gasteiger partial charge in [-0.15, -0.1) is 0 Å². The highest BCUT2D eigenvalue weighted by molar-refractivity contribution is 5.26. The van der Waals surface area contributed by atoms with E-state index in [-0.39, 0.29) is 12.1 Å². The van der Waals surface area contributed by atoms with Gasteiger partial charge in [-0.2, -0.15) is 0 Å². The zero-order valence-electron chi connectivity index (χ0n) is 12.0. The second-order valence-corrected chi connectivity index (χ2v) is 5.19. The minimum Gasteiger partial charge on any atom is -0.467 e. The normalized spacial score (nSPS) is 14.0. The first kappa shape index (κ1) is 13.6. The maximum atomic E-state index is 5.60. The molecule has 0 aliphatic heterocycles. The molecule has 4 heteroatoms. The highest BCUT2D eigenvalue weighted by Gasteiger charge is 2.18. The van der Waals surface area contributed by atoms with Crippen molar-refractivity contribution in [1.29, 1.82) is 0 Å². The largest absolute Gasteiger partial charge is 0.467 e. The summed E-state index contributed by atoms with van der Waals surface area (Å²) in [5.41, 5.74) is 1.20. The van der Waals surface area contributed by atoms with Gasteiger partial charge in [0, 0.05) is 25.0 Å². The number of benzene rings is 1. The van der Waals surface area contributed by atoms with E-state index in [2.05, 4.69) is 33.9 Å². The SMILES string of the molecule is CC(Cn1ccnc1)NC(c1ccccc1)c1ccco1. The van der Waals surface area contributed by atoms with Crippen LogP contribution >= 0.6 is 0 Å². The van der Waals surface area contributed by atoms with Crippen LogP contribution in [0.4, 0.5) is 0 Å². The molecule has 2 atom stereocenters. The Morgan fingerprint density at radius 1 is 1.19 bits per heavy atom. The second-order valence-electron chi connectivity index (χ2n) is 5.19. The van der Waals surface area contributed by atoms with Gasteiger partial charge in [-0.3, -0.25) is 5.32 Å². The lowest BCUT2D eigenvalue weighted by atomic mass is 10.0. The maximum Gasteiger partial charge on any atom is 0.125 e. The van der Waals surface area contributed by atoms with Gasteiger partial charge in [0.2, 0.25) is 0 Å². The molecule has 0 amide bonds. The monoisotopic (exact) mass is 281 g/mol. The Labute approximate surface area is 124 Å². The average Bonchev–Trinajstić information content (AvgIpc) is 3.19. The zero-order chi connectivity index (χ0) is 14.5. The fourth-order valence-electron chi connectivity index (χ4n) is 2.49. The van der Waals surface area contributed by atoms with Crippen LogP contribution in [-0.2, 0) is 6.54 Å². The van der Waals surface area contributed by atoms with Crippen molar-refractivity contribution >= 4 is 0 Å². The lowest BCUT2D eigenvalue weighted by Gasteiger charge is -2.22. The maximum absolute atomic E-state index is 5.60. The van der Waals surface area contributed by atoms with Gasteiger partial charge in [-0.05, 0) is 24.6 Å². The van der Waals surface area contributed by atoms with Crippen molar-refractivity contribution in [2.24, 2.45) is 0 Å². The number of imidazole rings is 1. The molecule has 0 saturated heterocycles. The summed E-state index contributed by atoms with van der Waals surface area (Å²) in [5, 5.41) is 3.63. The number of hydrogen-bond acceptors (Lipinski definition) is 3. The van der Waals surface area contributed by atoms with Crippen molar-refractivity contribution in [2.75, 3.05) is 0 Å². The van der Waals surface area contributed by atoms with E-state index in [0.717, 1.165) is 12.3 Å². The molecule has 0 spiro atoms. The minimum atomic E-state index is 0.0553. The van der Waals surface area contributed by atoms with E-state index in [9.17, 15) is 0 Å². The summed E-state index contributed by atoms with van der Waals surface area (Å²) in [6.45, 7) is 3.03. The van der Waals surface area contributed by atoms with Crippen LogP contribution in [0.1, 0.15) is 24.3 Å². The molecule has 108 valence electrons. The average molecular weight is 281 g/mol. The highest BCUT2D eigenvalue weighted by atomic mass is 16.3. The quantitative estimate of drug-likeness (QED) is 0.754. The number of nitrogens with zero attached hydrogens (tertiary/aromatic N) is 2. The Morgan fingerprint density at radius 2 is 2.05 bits per heavy atom. The molecular formula is C17H19N3O. The minimum absolute atomic E-state index is 0.0553. The lowest BCUT2D eigenvalue weighted by Crippen LogP contribution is -2.34. The smallest absolute Gasteiger partial charge is 0.125 e. The fourth-order valence-corrected chi connectivity index (χ4v) is 2.49. The third kappa shape index (κ3) is 3.41. The van der Waals surface area contributed by atoms with E-state index in [1.54, 1.807) is 12.5 Å². The molecule has 3 aromatic rings. The standard InChI is InChI=1S/C17H19N3O/c1-14(12-20-10-9-18-13-20)19-17(16-8-5-11-21-16)15-6-3-2-4-7-15/h2-11,13-14,17,19H,12H2,1H3. The van der Waals surface area contributed by atoms with Crippen molar-refractivity contribution in [2.45, 2.75) is 25.6 Å². The van der Waals surface area contributed by atoms with E-state index in [4.69, 9.17) is 4.42 Å². The Hall–Kier alpha value is -2.33. The van der Waals surface area contributed by atoms with Crippen LogP contribution in [-0.4, -0.2) is 15.6 Å². The van der Waals surface area contributed by atoms with E-state index in [1.165, 1.54) is 5.56 Å². The third-order valence-electron chi connectivity index (χ3n) is 3.46. The molecule has 0 fully saturated rings. The van der Waals surface area contributed by atoms with Crippen LogP contribution in [0.2, 0.25) is 0 Å². The topological polar surface area (TPSA) is 43.0 Å². The first-order valence-corrected chi connectivity index (χ1v) is 7.13. The van der Waals surface area contributed by atoms with Gasteiger partial charge in [0.15, 0.2) is 0 Å². The lowest BCUT2D eigenvalue weighted by molar-refractivity contribution is 0.391. The van der Waals surface area contributed by atoms with Gasteiger partial charge < -0.3 is 8.98 Å². The van der Waals surface area contributed by atoms with E-state index < -0.39 is 0 Å². The molecule has 2 unspecified atom stereocenters. The predicted molar refractivity (Wildman–Crippen MR) is 81.8 cm³/mol. The van der Waals surface area contributed by atoms with Crippen LogP contribution in [0.15, 0.2) is 71.9 Å². The van der Waals surface area contributed by atoms with Crippen LogP contribution < -0.4 is 5.32 Å². The third-order valence-corrected chi connectivity index (χ3v) is 3.46. The van der Waals surface area contributed by atoms with Crippen molar-refractivity contribution in [3.8, 4) is 0 Å². The van der Waals surface area contributed by atoms with Crippen molar-refractivity contribution in [1.82, 2.24) is 14.9 Å². The van der Waals surface area contributed by atoms with Crippen molar-refractivity contribution < 1.29 is 4.42 Å². The van der Waals surface area contributed by atoms with Gasteiger partial charge in [-0.25, -0.2) is 4.98 Å². The Balaban J connectivity index is 1.77. The summed E-state index contributed by atoms with van der Waals surface area (Å²) in [6, 6.07) is 14.6. The summed E-state index contributed by atoms with van der Waals surface area (Å²) in [7, 11) is 0. The van der Waals surface area contributed by atoms with Gasteiger partial charge >= 0.3 is 0 Å². The van der Waals surface area contributed by atoms with Gasteiger partial charge in [0.25, 0.3) is 0 Å². The fraction of sp³-hybridized carbons (Fsp3) is 0.235. The molecule has 21 heavy (non-hydrogen) atoms. The molecule has 0 radical (unpaired) electrons. The molecule has 2 heterocycles. The summed E-state index contributed by atoms with van der Waals surface area (Å²) in [6.07, 6.45) is 7.33. The molecule has 1 aromatic carbocycles. The van der Waals surface area contributed by atoms with E-state index >= 15 is 0 Å². The van der Waals surface area contributed by atoms with Crippen LogP contribution in [0, 0.1) is 0 Å². The Morgan fingerprint density at radius 3 is 2.71 bits per heavy atom. The van der Waals surface area contributed by atoms with Gasteiger partial charge in [0.05, 0.1) is 18.6 Å². The molecule has 0 aliphatic carbocycles. The van der Waals surface area contributed by atoms with Gasteiger partial charge in [0.1, 0.15) is 5.76 Å². The van der Waals surface area contributed by atoms with E-state index in [1.807, 2.05) is 42.9 Å². The number of rotatable bonds is 6. The first-order valence-electron chi connectivity index (χ1n) is 7.13. The highest BCUT2D eigenvalue weighted by Crippen LogP contribution is 2.23. The van der Waals surface area contributed by atoms with Crippen LogP contribution in [0.5, 0.6) is 0 Å². The molecule has 0 aliphatic rings. The number of hydrogen-bond donors (Lipinski definition) is 1. The van der Waals surface area contributed by atoms with Crippen LogP contribution in [0.25, 0.3) is 0 Å². The van der Waals surface area contributed by atoms with Crippen LogP contribution in [0.3, 0.4) is 0 Å². The molecule has 1 N–H and O–H groups in total. The summed E-state index contributed by atoms with van der Waals surface area (Å²) in [5.74, 6) is 0.929. The first-order chi connectivity index (χ1) is 10.3. The molecule has 2 aromatic heterocycles. The molecule has 4 nitrogen and oxygen atoms in total. The molecular weight excluding hydrogens is 262 g/mol. The van der Waals surface area contributed by atoms with E-state index in [0.29, 0.717) is 0 Å². The second kappa shape index (κ2) is 6.41. The summed E-state index contributed by atoms with van der Waals surface area (Å²) >= 11 is 0. The van der Waals surface area contributed by atoms with Crippen molar-refractivity contribution in [3.63, 3.8) is 0 Å².